The van der Waals surface area contributed by atoms with Crippen molar-refractivity contribution in [2.24, 2.45) is 11.3 Å². The monoisotopic (exact) mass is 212 g/mol. The van der Waals surface area contributed by atoms with Crippen LogP contribution in [0.1, 0.15) is 40.0 Å². The van der Waals surface area contributed by atoms with Gasteiger partial charge in [0.25, 0.3) is 0 Å². The third kappa shape index (κ3) is 6.16. The van der Waals surface area contributed by atoms with Crippen LogP contribution in [0.5, 0.6) is 0 Å². The van der Waals surface area contributed by atoms with Crippen LogP contribution in [0.2, 0.25) is 0 Å². The van der Waals surface area contributed by atoms with Crippen LogP contribution < -0.4 is 5.32 Å². The first-order valence-electron chi connectivity index (χ1n) is 6.27. The molecule has 0 bridgehead atoms. The molecule has 90 valence electrons. The van der Waals surface area contributed by atoms with Crippen LogP contribution >= 0.6 is 0 Å². The molecule has 0 radical (unpaired) electrons. The van der Waals surface area contributed by atoms with Gasteiger partial charge in [-0.2, -0.15) is 0 Å². The molecule has 1 atom stereocenters. The zero-order valence-electron chi connectivity index (χ0n) is 11.1. The maximum atomic E-state index is 3.67. The molecular formula is C13H28N2. The number of nitrogens with one attached hydrogen (secondary N) is 1. The van der Waals surface area contributed by atoms with Crippen molar-refractivity contribution in [1.82, 2.24) is 10.2 Å². The van der Waals surface area contributed by atoms with Crippen LogP contribution in [-0.4, -0.2) is 38.1 Å². The maximum Gasteiger partial charge on any atom is 0.00416 e. The van der Waals surface area contributed by atoms with Crippen molar-refractivity contribution in [1.29, 1.82) is 0 Å². The van der Waals surface area contributed by atoms with Crippen LogP contribution in [0.3, 0.4) is 0 Å². The van der Waals surface area contributed by atoms with E-state index in [1.165, 1.54) is 19.3 Å². The van der Waals surface area contributed by atoms with Crippen molar-refractivity contribution in [2.75, 3.05) is 27.2 Å². The average molecular weight is 212 g/mol. The van der Waals surface area contributed by atoms with Gasteiger partial charge in [0.1, 0.15) is 0 Å². The van der Waals surface area contributed by atoms with E-state index in [0.29, 0.717) is 11.5 Å². The van der Waals surface area contributed by atoms with E-state index in [0.717, 1.165) is 19.0 Å². The molecule has 0 aromatic heterocycles. The van der Waals surface area contributed by atoms with Gasteiger partial charge in [0.2, 0.25) is 0 Å². The molecular weight excluding hydrogens is 184 g/mol. The van der Waals surface area contributed by atoms with Gasteiger partial charge in [-0.1, -0.05) is 26.7 Å². The molecule has 1 N–H and O–H groups in total. The standard InChI is InChI=1S/C13H28N2/c1-11(8-12-6-7-12)14-9-13(2,3)10-15(4)5/h11-12,14H,6-10H2,1-5H3. The van der Waals surface area contributed by atoms with Crippen LogP contribution in [0.15, 0.2) is 0 Å². The van der Waals surface area contributed by atoms with E-state index in [2.05, 4.69) is 45.1 Å². The summed E-state index contributed by atoms with van der Waals surface area (Å²) in [5.74, 6) is 1.03. The van der Waals surface area contributed by atoms with E-state index in [1.807, 2.05) is 0 Å². The summed E-state index contributed by atoms with van der Waals surface area (Å²) in [7, 11) is 4.30. The first-order valence-corrected chi connectivity index (χ1v) is 6.27. The van der Waals surface area contributed by atoms with Crippen LogP contribution in [-0.2, 0) is 0 Å². The number of hydrogen-bond donors (Lipinski definition) is 1. The number of rotatable bonds is 7. The van der Waals surface area contributed by atoms with Gasteiger partial charge in [-0.3, -0.25) is 0 Å². The van der Waals surface area contributed by atoms with Crippen molar-refractivity contribution >= 4 is 0 Å². The quantitative estimate of drug-likeness (QED) is 0.697. The molecule has 15 heavy (non-hydrogen) atoms. The lowest BCUT2D eigenvalue weighted by molar-refractivity contribution is 0.224. The molecule has 2 heteroatoms. The van der Waals surface area contributed by atoms with Crippen LogP contribution in [0.4, 0.5) is 0 Å². The molecule has 0 spiro atoms. The first kappa shape index (κ1) is 13.0. The Balaban J connectivity index is 2.15. The average Bonchev–Trinajstić information content (AvgIpc) is 2.82. The fourth-order valence-electron chi connectivity index (χ4n) is 2.30. The van der Waals surface area contributed by atoms with Gasteiger partial charge in [0.05, 0.1) is 0 Å². The van der Waals surface area contributed by atoms with Gasteiger partial charge in [0, 0.05) is 19.1 Å². The smallest absolute Gasteiger partial charge is 0.00416 e. The number of nitrogens with zero attached hydrogens (tertiary/aromatic N) is 1. The Morgan fingerprint density at radius 2 is 1.93 bits per heavy atom. The highest BCUT2D eigenvalue weighted by Gasteiger charge is 2.25. The summed E-state index contributed by atoms with van der Waals surface area (Å²) in [6, 6.07) is 0.693. The predicted molar refractivity (Wildman–Crippen MR) is 67.1 cm³/mol. The largest absolute Gasteiger partial charge is 0.314 e. The molecule has 0 aromatic carbocycles. The summed E-state index contributed by atoms with van der Waals surface area (Å²) in [6.07, 6.45) is 4.30. The predicted octanol–water partition coefficient (Wildman–Crippen LogP) is 2.35. The molecule has 0 heterocycles. The van der Waals surface area contributed by atoms with E-state index in [1.54, 1.807) is 0 Å². The van der Waals surface area contributed by atoms with Gasteiger partial charge in [-0.15, -0.1) is 0 Å². The highest BCUT2D eigenvalue weighted by Crippen LogP contribution is 2.33. The molecule has 0 saturated heterocycles. The Bertz CT molecular complexity index is 183. The Kier molecular flexibility index (Phi) is 4.60. The molecule has 0 amide bonds. The van der Waals surface area contributed by atoms with E-state index in [-0.39, 0.29) is 0 Å². The van der Waals surface area contributed by atoms with Crippen molar-refractivity contribution < 1.29 is 0 Å². The molecule has 1 unspecified atom stereocenters. The lowest BCUT2D eigenvalue weighted by atomic mass is 9.92. The summed E-state index contributed by atoms with van der Waals surface area (Å²) in [4.78, 5) is 2.27. The van der Waals surface area contributed by atoms with E-state index >= 15 is 0 Å². The fraction of sp³-hybridized carbons (Fsp3) is 1.00. The summed E-state index contributed by atoms with van der Waals surface area (Å²) in [5, 5.41) is 3.67. The topological polar surface area (TPSA) is 15.3 Å². The van der Waals surface area contributed by atoms with Gasteiger partial charge < -0.3 is 10.2 Å². The van der Waals surface area contributed by atoms with E-state index < -0.39 is 0 Å². The normalized spacial score (nSPS) is 19.6. The summed E-state index contributed by atoms with van der Waals surface area (Å²) >= 11 is 0. The highest BCUT2D eigenvalue weighted by atomic mass is 15.1. The molecule has 0 aromatic rings. The molecule has 2 nitrogen and oxygen atoms in total. The van der Waals surface area contributed by atoms with E-state index in [9.17, 15) is 0 Å². The Morgan fingerprint density at radius 1 is 1.33 bits per heavy atom. The lowest BCUT2D eigenvalue weighted by Gasteiger charge is -2.30. The molecule has 1 aliphatic rings. The number of hydrogen-bond acceptors (Lipinski definition) is 2. The molecule has 1 aliphatic carbocycles. The minimum absolute atomic E-state index is 0.376. The lowest BCUT2D eigenvalue weighted by Crippen LogP contribution is -2.40. The zero-order valence-corrected chi connectivity index (χ0v) is 11.1. The van der Waals surface area contributed by atoms with Crippen molar-refractivity contribution in [3.05, 3.63) is 0 Å². The summed E-state index contributed by atoms with van der Waals surface area (Å²) < 4.78 is 0. The Morgan fingerprint density at radius 3 is 2.40 bits per heavy atom. The molecule has 1 rings (SSSR count). The minimum atomic E-state index is 0.376. The molecule has 1 saturated carbocycles. The molecule has 0 aliphatic heterocycles. The van der Waals surface area contributed by atoms with Crippen LogP contribution in [0, 0.1) is 11.3 Å². The van der Waals surface area contributed by atoms with Gasteiger partial charge in [-0.05, 0) is 38.8 Å². The summed E-state index contributed by atoms with van der Waals surface area (Å²) in [5.41, 5.74) is 0.376. The van der Waals surface area contributed by atoms with Gasteiger partial charge in [0.15, 0.2) is 0 Å². The SMILES string of the molecule is CC(CC1CC1)NCC(C)(C)CN(C)C. The second-order valence-electron chi connectivity index (χ2n) is 6.36. The van der Waals surface area contributed by atoms with Crippen molar-refractivity contribution in [2.45, 2.75) is 46.1 Å². The van der Waals surface area contributed by atoms with Crippen LogP contribution in [0.25, 0.3) is 0 Å². The minimum Gasteiger partial charge on any atom is -0.314 e. The Labute approximate surface area is 95.4 Å². The third-order valence-corrected chi connectivity index (χ3v) is 3.06. The maximum absolute atomic E-state index is 3.67. The van der Waals surface area contributed by atoms with Crippen molar-refractivity contribution in [3.8, 4) is 0 Å². The zero-order chi connectivity index (χ0) is 11.5. The van der Waals surface area contributed by atoms with Gasteiger partial charge >= 0.3 is 0 Å². The second-order valence-corrected chi connectivity index (χ2v) is 6.36. The highest BCUT2D eigenvalue weighted by molar-refractivity contribution is 4.80. The fourth-order valence-corrected chi connectivity index (χ4v) is 2.30. The molecule has 1 fully saturated rings. The first-order chi connectivity index (χ1) is 6.89. The third-order valence-electron chi connectivity index (χ3n) is 3.06. The second kappa shape index (κ2) is 5.31. The van der Waals surface area contributed by atoms with Gasteiger partial charge in [-0.25, -0.2) is 0 Å². The van der Waals surface area contributed by atoms with Crippen molar-refractivity contribution in [3.63, 3.8) is 0 Å². The Hall–Kier alpha value is -0.0800. The van der Waals surface area contributed by atoms with E-state index in [4.69, 9.17) is 0 Å². The summed E-state index contributed by atoms with van der Waals surface area (Å²) in [6.45, 7) is 9.27.